The average molecular weight is 576 g/mol. The fourth-order valence-corrected chi connectivity index (χ4v) is 5.85. The molecule has 1 aromatic rings. The Labute approximate surface area is 237 Å². The lowest BCUT2D eigenvalue weighted by Gasteiger charge is -2.37. The van der Waals surface area contributed by atoms with Gasteiger partial charge in [-0.15, -0.1) is 0 Å². The van der Waals surface area contributed by atoms with Crippen molar-refractivity contribution in [1.82, 2.24) is 15.1 Å². The Morgan fingerprint density at radius 3 is 2.46 bits per heavy atom. The molecule has 2 heterocycles. The first-order chi connectivity index (χ1) is 19.1. The van der Waals surface area contributed by atoms with Crippen LogP contribution in [0.2, 0.25) is 0 Å². The van der Waals surface area contributed by atoms with Crippen molar-refractivity contribution in [3.63, 3.8) is 0 Å². The quantitative estimate of drug-likeness (QED) is 0.491. The van der Waals surface area contributed by atoms with Gasteiger partial charge in [-0.3, -0.25) is 19.2 Å². The highest BCUT2D eigenvalue weighted by molar-refractivity contribution is 6.07. The molecule has 4 amide bonds. The Morgan fingerprint density at radius 2 is 1.88 bits per heavy atom. The van der Waals surface area contributed by atoms with Gasteiger partial charge in [0.25, 0.3) is 0 Å². The van der Waals surface area contributed by atoms with E-state index in [0.29, 0.717) is 23.6 Å². The molecule has 0 radical (unpaired) electrons. The first kappa shape index (κ1) is 30.3. The third-order valence-electron chi connectivity index (χ3n) is 8.24. The maximum Gasteiger partial charge on any atom is 0.471 e. The molecule has 4 rings (SSSR count). The second-order valence-corrected chi connectivity index (χ2v) is 12.7. The van der Waals surface area contributed by atoms with Crippen LogP contribution >= 0.6 is 0 Å². The highest BCUT2D eigenvalue weighted by Gasteiger charge is 2.57. The van der Waals surface area contributed by atoms with Gasteiger partial charge >= 0.3 is 12.1 Å². The van der Waals surface area contributed by atoms with Crippen molar-refractivity contribution in [2.45, 2.75) is 89.0 Å². The van der Waals surface area contributed by atoms with Crippen LogP contribution in [0.4, 0.5) is 18.9 Å². The van der Waals surface area contributed by atoms with Gasteiger partial charge in [0.15, 0.2) is 0 Å². The summed E-state index contributed by atoms with van der Waals surface area (Å²) in [5, 5.41) is 14.7. The standard InChI is InChI=1S/C29H36F3N5O4/c1-27(2,3)14-22(36(4)23(38)21(12-11-17-9-10-17)35-26(41)29(30,31)32)24(39)37-16-28(13-18(37)15-33)19-7-5-6-8-20(19)34-25(28)40/h5-8,17-18,21-22H,9-14,16H2,1-4H3,(H,34,40)(H,35,41)/t18-,21-,22-,28-/m0/s1. The van der Waals surface area contributed by atoms with Gasteiger partial charge in [-0.25, -0.2) is 0 Å². The van der Waals surface area contributed by atoms with E-state index in [4.69, 9.17) is 0 Å². The van der Waals surface area contributed by atoms with Gasteiger partial charge in [0.1, 0.15) is 18.1 Å². The van der Waals surface area contributed by atoms with Gasteiger partial charge < -0.3 is 20.4 Å². The molecule has 0 aromatic heterocycles. The molecule has 41 heavy (non-hydrogen) atoms. The smallest absolute Gasteiger partial charge is 0.336 e. The molecule has 1 saturated carbocycles. The SMILES string of the molecule is CN(C(=O)[C@H](CCC1CC1)NC(=O)C(F)(F)F)[C@@H](CC(C)(C)C)C(=O)N1C[C@]2(C[C@H]1C#N)C(=O)Nc1ccccc12. The molecule has 9 nitrogen and oxygen atoms in total. The van der Waals surface area contributed by atoms with E-state index in [0.717, 1.165) is 17.7 Å². The summed E-state index contributed by atoms with van der Waals surface area (Å²) in [6, 6.07) is 5.65. The number of hydrogen-bond donors (Lipinski definition) is 2. The number of likely N-dealkylation sites (N-methyl/N-ethyl adjacent to an activating group) is 1. The van der Waals surface area contributed by atoms with Crippen molar-refractivity contribution < 1.29 is 32.3 Å². The molecular weight excluding hydrogens is 539 g/mol. The number of likely N-dealkylation sites (tertiary alicyclic amines) is 1. The molecule has 12 heteroatoms. The zero-order chi connectivity index (χ0) is 30.3. The minimum Gasteiger partial charge on any atom is -0.336 e. The molecular formula is C29H36F3N5O4. The summed E-state index contributed by atoms with van der Waals surface area (Å²) in [6.07, 6.45) is -2.64. The van der Waals surface area contributed by atoms with Crippen molar-refractivity contribution in [2.75, 3.05) is 18.9 Å². The van der Waals surface area contributed by atoms with Gasteiger partial charge in [-0.1, -0.05) is 51.8 Å². The first-order valence-electron chi connectivity index (χ1n) is 13.8. The van der Waals surface area contributed by atoms with E-state index in [1.807, 2.05) is 26.1 Å². The summed E-state index contributed by atoms with van der Waals surface area (Å²) in [5.74, 6) is -3.61. The summed E-state index contributed by atoms with van der Waals surface area (Å²) in [4.78, 5) is 55.2. The van der Waals surface area contributed by atoms with E-state index in [-0.39, 0.29) is 31.7 Å². The average Bonchev–Trinajstić information content (AvgIpc) is 3.58. The Hall–Kier alpha value is -3.62. The lowest BCUT2D eigenvalue weighted by molar-refractivity contribution is -0.175. The number of hydrogen-bond acceptors (Lipinski definition) is 5. The second kappa shape index (κ2) is 11.0. The van der Waals surface area contributed by atoms with E-state index in [1.165, 1.54) is 11.9 Å². The predicted octanol–water partition coefficient (Wildman–Crippen LogP) is 3.50. The number of halogens is 3. The number of nitriles is 1. The van der Waals surface area contributed by atoms with E-state index < -0.39 is 52.9 Å². The number of nitrogens with zero attached hydrogens (tertiary/aromatic N) is 3. The van der Waals surface area contributed by atoms with Crippen LogP contribution in [0.15, 0.2) is 24.3 Å². The largest absolute Gasteiger partial charge is 0.471 e. The highest BCUT2D eigenvalue weighted by Crippen LogP contribution is 2.46. The Balaban J connectivity index is 1.62. The molecule has 3 aliphatic rings. The van der Waals surface area contributed by atoms with Crippen LogP contribution in [0.25, 0.3) is 0 Å². The van der Waals surface area contributed by atoms with E-state index in [9.17, 15) is 37.6 Å². The third kappa shape index (κ3) is 6.34. The minimum absolute atomic E-state index is 0.0106. The number of amides is 4. The van der Waals surface area contributed by atoms with Crippen LogP contribution in [-0.2, 0) is 24.6 Å². The summed E-state index contributed by atoms with van der Waals surface area (Å²) >= 11 is 0. The first-order valence-corrected chi connectivity index (χ1v) is 13.8. The molecule has 0 bridgehead atoms. The Bertz CT molecular complexity index is 1270. The predicted molar refractivity (Wildman–Crippen MR) is 143 cm³/mol. The topological polar surface area (TPSA) is 123 Å². The number of para-hydroxylation sites is 1. The van der Waals surface area contributed by atoms with Crippen LogP contribution in [0.1, 0.15) is 64.9 Å². The van der Waals surface area contributed by atoms with Crippen LogP contribution < -0.4 is 10.6 Å². The number of alkyl halides is 3. The summed E-state index contributed by atoms with van der Waals surface area (Å²) in [7, 11) is 1.34. The number of carbonyl (C=O) groups is 4. The van der Waals surface area contributed by atoms with Crippen molar-refractivity contribution >= 4 is 29.3 Å². The van der Waals surface area contributed by atoms with Gasteiger partial charge in [0.05, 0.1) is 11.5 Å². The molecule has 4 atom stereocenters. The molecule has 222 valence electrons. The van der Waals surface area contributed by atoms with Crippen molar-refractivity contribution in [1.29, 1.82) is 5.26 Å². The van der Waals surface area contributed by atoms with Crippen LogP contribution in [0.5, 0.6) is 0 Å². The molecule has 1 aliphatic carbocycles. The number of rotatable bonds is 8. The summed E-state index contributed by atoms with van der Waals surface area (Å²) in [6.45, 7) is 5.49. The van der Waals surface area contributed by atoms with E-state index >= 15 is 0 Å². The number of fused-ring (bicyclic) bond motifs is 2. The van der Waals surface area contributed by atoms with Gasteiger partial charge in [-0.2, -0.15) is 18.4 Å². The fourth-order valence-electron chi connectivity index (χ4n) is 5.85. The normalized spacial score (nSPS) is 23.4. The van der Waals surface area contributed by atoms with Crippen LogP contribution in [0, 0.1) is 22.7 Å². The zero-order valence-electron chi connectivity index (χ0n) is 23.7. The highest BCUT2D eigenvalue weighted by atomic mass is 19.4. The summed E-state index contributed by atoms with van der Waals surface area (Å²) < 4.78 is 39.3. The minimum atomic E-state index is -5.17. The lowest BCUT2D eigenvalue weighted by Crippen LogP contribution is -2.57. The molecule has 0 unspecified atom stereocenters. The fraction of sp³-hybridized carbons (Fsp3) is 0.621. The molecule has 1 spiro atoms. The second-order valence-electron chi connectivity index (χ2n) is 12.7. The molecule has 2 fully saturated rings. The molecule has 2 aliphatic heterocycles. The van der Waals surface area contributed by atoms with Crippen molar-refractivity contribution in [3.05, 3.63) is 29.8 Å². The molecule has 1 aromatic carbocycles. The van der Waals surface area contributed by atoms with E-state index in [1.54, 1.807) is 24.3 Å². The van der Waals surface area contributed by atoms with Gasteiger partial charge in [-0.05, 0) is 42.2 Å². The number of nitrogens with one attached hydrogen (secondary N) is 2. The monoisotopic (exact) mass is 575 g/mol. The Morgan fingerprint density at radius 1 is 1.22 bits per heavy atom. The van der Waals surface area contributed by atoms with E-state index in [2.05, 4.69) is 11.4 Å². The third-order valence-corrected chi connectivity index (χ3v) is 8.24. The number of anilines is 1. The zero-order valence-corrected chi connectivity index (χ0v) is 23.7. The Kier molecular flexibility index (Phi) is 8.13. The number of benzene rings is 1. The van der Waals surface area contributed by atoms with Gasteiger partial charge in [0, 0.05) is 25.7 Å². The summed E-state index contributed by atoms with van der Waals surface area (Å²) in [5.41, 5.74) is -0.326. The number of carbonyl (C=O) groups excluding carboxylic acids is 4. The van der Waals surface area contributed by atoms with Crippen molar-refractivity contribution in [2.24, 2.45) is 11.3 Å². The van der Waals surface area contributed by atoms with Crippen LogP contribution in [-0.4, -0.2) is 71.3 Å². The lowest BCUT2D eigenvalue weighted by atomic mass is 9.80. The molecule has 1 saturated heterocycles. The van der Waals surface area contributed by atoms with Crippen molar-refractivity contribution in [3.8, 4) is 6.07 Å². The van der Waals surface area contributed by atoms with Gasteiger partial charge in [0.2, 0.25) is 17.7 Å². The maximum absolute atomic E-state index is 14.2. The van der Waals surface area contributed by atoms with Crippen LogP contribution in [0.3, 0.4) is 0 Å². The molecule has 2 N–H and O–H groups in total. The maximum atomic E-state index is 14.2.